The molecule has 0 spiro atoms. The Morgan fingerprint density at radius 2 is 1.88 bits per heavy atom. The number of halogens is 4. The summed E-state index contributed by atoms with van der Waals surface area (Å²) in [4.78, 5) is 0. The van der Waals surface area contributed by atoms with E-state index < -0.39 is 12.8 Å². The van der Waals surface area contributed by atoms with Gasteiger partial charge >= 0.3 is 6.18 Å². The first-order valence-electron chi connectivity index (χ1n) is 4.93. The first-order valence-corrected chi connectivity index (χ1v) is 5.73. The molecule has 0 amide bonds. The fourth-order valence-electron chi connectivity index (χ4n) is 1.11. The summed E-state index contributed by atoms with van der Waals surface area (Å²) in [5.74, 6) is 0.373. The molecule has 1 aromatic carbocycles. The van der Waals surface area contributed by atoms with E-state index >= 15 is 0 Å². The van der Waals surface area contributed by atoms with Gasteiger partial charge < -0.3 is 9.47 Å². The van der Waals surface area contributed by atoms with Crippen LogP contribution in [0.5, 0.6) is 11.5 Å². The van der Waals surface area contributed by atoms with E-state index in [2.05, 4.69) is 15.9 Å². The normalized spacial score (nSPS) is 11.7. The summed E-state index contributed by atoms with van der Waals surface area (Å²) in [6.07, 6.45) is -4.50. The highest BCUT2D eigenvalue weighted by Gasteiger charge is 2.29. The van der Waals surface area contributed by atoms with Crippen molar-refractivity contribution in [1.82, 2.24) is 0 Å². The van der Waals surface area contributed by atoms with Crippen molar-refractivity contribution in [1.29, 1.82) is 0 Å². The Morgan fingerprint density at radius 1 is 1.24 bits per heavy atom. The van der Waals surface area contributed by atoms with Crippen LogP contribution >= 0.6 is 15.9 Å². The van der Waals surface area contributed by atoms with E-state index in [4.69, 9.17) is 9.47 Å². The molecule has 1 rings (SSSR count). The minimum Gasteiger partial charge on any atom is -0.487 e. The average molecular weight is 313 g/mol. The molecule has 0 aromatic heterocycles. The van der Waals surface area contributed by atoms with Gasteiger partial charge in [-0.3, -0.25) is 0 Å². The molecule has 0 aliphatic rings. The van der Waals surface area contributed by atoms with E-state index in [1.807, 2.05) is 0 Å². The summed E-state index contributed by atoms with van der Waals surface area (Å²) in [7, 11) is 0. The highest BCUT2D eigenvalue weighted by molar-refractivity contribution is 9.10. The Kier molecular flexibility index (Phi) is 4.68. The predicted octanol–water partition coefficient (Wildman–Crippen LogP) is 4.18. The lowest BCUT2D eigenvalue weighted by molar-refractivity contribution is -0.153. The number of hydrogen-bond donors (Lipinski definition) is 0. The SMILES string of the molecule is CC(C)Oc1ccc(Br)cc1OCC(F)(F)F. The molecule has 0 saturated carbocycles. The second-order valence-corrected chi connectivity index (χ2v) is 4.58. The molecule has 0 aliphatic heterocycles. The largest absolute Gasteiger partial charge is 0.487 e. The Bertz CT molecular complexity index is 377. The lowest BCUT2D eigenvalue weighted by Crippen LogP contribution is -2.19. The van der Waals surface area contributed by atoms with Crippen molar-refractivity contribution < 1.29 is 22.6 Å². The molecule has 0 bridgehead atoms. The van der Waals surface area contributed by atoms with Gasteiger partial charge in [0, 0.05) is 4.47 Å². The monoisotopic (exact) mass is 312 g/mol. The molecule has 0 aliphatic carbocycles. The van der Waals surface area contributed by atoms with Gasteiger partial charge in [0.05, 0.1) is 6.10 Å². The fourth-order valence-corrected chi connectivity index (χ4v) is 1.45. The van der Waals surface area contributed by atoms with Crippen LogP contribution in [-0.4, -0.2) is 18.9 Å². The van der Waals surface area contributed by atoms with Crippen LogP contribution in [-0.2, 0) is 0 Å². The molecule has 1 aromatic rings. The van der Waals surface area contributed by atoms with E-state index in [0.717, 1.165) is 0 Å². The third-order valence-electron chi connectivity index (χ3n) is 1.66. The summed E-state index contributed by atoms with van der Waals surface area (Å²) in [6, 6.07) is 4.69. The maximum absolute atomic E-state index is 12.1. The van der Waals surface area contributed by atoms with Crippen LogP contribution in [0.1, 0.15) is 13.8 Å². The molecule has 0 atom stereocenters. The van der Waals surface area contributed by atoms with E-state index in [1.54, 1.807) is 26.0 Å². The Hall–Kier alpha value is -0.910. The highest BCUT2D eigenvalue weighted by atomic mass is 79.9. The second-order valence-electron chi connectivity index (χ2n) is 3.66. The van der Waals surface area contributed by atoms with Crippen molar-refractivity contribution >= 4 is 15.9 Å². The molecule has 0 radical (unpaired) electrons. The van der Waals surface area contributed by atoms with Gasteiger partial charge in [-0.05, 0) is 32.0 Å². The fraction of sp³-hybridized carbons (Fsp3) is 0.455. The van der Waals surface area contributed by atoms with Crippen LogP contribution in [0.3, 0.4) is 0 Å². The summed E-state index contributed by atoms with van der Waals surface area (Å²) in [6.45, 7) is 2.24. The quantitative estimate of drug-likeness (QED) is 0.830. The average Bonchev–Trinajstić information content (AvgIpc) is 2.16. The Balaban J connectivity index is 2.83. The van der Waals surface area contributed by atoms with Crippen LogP contribution in [0.15, 0.2) is 22.7 Å². The van der Waals surface area contributed by atoms with E-state index in [-0.39, 0.29) is 11.9 Å². The number of hydrogen-bond acceptors (Lipinski definition) is 2. The number of ether oxygens (including phenoxy) is 2. The third kappa shape index (κ3) is 5.30. The first-order chi connectivity index (χ1) is 7.78. The van der Waals surface area contributed by atoms with Crippen LogP contribution in [0, 0.1) is 0 Å². The van der Waals surface area contributed by atoms with Crippen LogP contribution < -0.4 is 9.47 Å². The first kappa shape index (κ1) is 14.2. The molecule has 0 saturated heterocycles. The van der Waals surface area contributed by atoms with Crippen LogP contribution in [0.2, 0.25) is 0 Å². The topological polar surface area (TPSA) is 18.5 Å². The molecule has 0 unspecified atom stereocenters. The molecule has 96 valence electrons. The minimum absolute atomic E-state index is 0.0744. The summed E-state index contributed by atoms with van der Waals surface area (Å²) < 4.78 is 46.9. The van der Waals surface area contributed by atoms with Gasteiger partial charge in [-0.15, -0.1) is 0 Å². The van der Waals surface area contributed by atoms with Crippen LogP contribution in [0.4, 0.5) is 13.2 Å². The van der Waals surface area contributed by atoms with Gasteiger partial charge in [-0.25, -0.2) is 0 Å². The number of rotatable bonds is 4. The third-order valence-corrected chi connectivity index (χ3v) is 2.15. The number of alkyl halides is 3. The van der Waals surface area contributed by atoms with E-state index in [9.17, 15) is 13.2 Å². The minimum atomic E-state index is -4.36. The molecular formula is C11H12BrF3O2. The zero-order chi connectivity index (χ0) is 13.1. The van der Waals surface area contributed by atoms with Gasteiger partial charge in [-0.1, -0.05) is 15.9 Å². The van der Waals surface area contributed by atoms with Crippen molar-refractivity contribution in [3.8, 4) is 11.5 Å². The lowest BCUT2D eigenvalue weighted by atomic mass is 10.3. The predicted molar refractivity (Wildman–Crippen MR) is 61.5 cm³/mol. The van der Waals surface area contributed by atoms with Crippen LogP contribution in [0.25, 0.3) is 0 Å². The summed E-state index contributed by atoms with van der Waals surface area (Å²) in [5, 5.41) is 0. The molecular weight excluding hydrogens is 301 g/mol. The maximum atomic E-state index is 12.1. The second kappa shape index (κ2) is 5.62. The zero-order valence-corrected chi connectivity index (χ0v) is 10.9. The van der Waals surface area contributed by atoms with Crippen molar-refractivity contribution in [3.05, 3.63) is 22.7 Å². The summed E-state index contributed by atoms with van der Waals surface area (Å²) >= 11 is 3.17. The molecule has 6 heteroatoms. The zero-order valence-electron chi connectivity index (χ0n) is 9.34. The summed E-state index contributed by atoms with van der Waals surface area (Å²) in [5.41, 5.74) is 0. The van der Waals surface area contributed by atoms with Gasteiger partial charge in [-0.2, -0.15) is 13.2 Å². The molecule has 17 heavy (non-hydrogen) atoms. The van der Waals surface area contributed by atoms with Crippen molar-refractivity contribution in [2.24, 2.45) is 0 Å². The van der Waals surface area contributed by atoms with Gasteiger partial charge in [0.15, 0.2) is 18.1 Å². The molecule has 0 N–H and O–H groups in total. The van der Waals surface area contributed by atoms with E-state index in [0.29, 0.717) is 10.2 Å². The molecule has 0 fully saturated rings. The van der Waals surface area contributed by atoms with Crippen molar-refractivity contribution in [2.75, 3.05) is 6.61 Å². The van der Waals surface area contributed by atoms with Crippen molar-refractivity contribution in [2.45, 2.75) is 26.1 Å². The van der Waals surface area contributed by atoms with Gasteiger partial charge in [0.25, 0.3) is 0 Å². The maximum Gasteiger partial charge on any atom is 0.422 e. The van der Waals surface area contributed by atoms with Gasteiger partial charge in [0.2, 0.25) is 0 Å². The molecule has 2 nitrogen and oxygen atoms in total. The smallest absolute Gasteiger partial charge is 0.422 e. The van der Waals surface area contributed by atoms with Crippen molar-refractivity contribution in [3.63, 3.8) is 0 Å². The Labute approximate surface area is 106 Å². The molecule has 0 heterocycles. The lowest BCUT2D eigenvalue weighted by Gasteiger charge is -2.16. The highest BCUT2D eigenvalue weighted by Crippen LogP contribution is 2.32. The standard InChI is InChI=1S/C11H12BrF3O2/c1-7(2)17-9-4-3-8(12)5-10(9)16-6-11(13,14)15/h3-5,7H,6H2,1-2H3. The number of benzene rings is 1. The Morgan fingerprint density at radius 3 is 2.41 bits per heavy atom. The van der Waals surface area contributed by atoms with Gasteiger partial charge in [0.1, 0.15) is 0 Å². The van der Waals surface area contributed by atoms with E-state index in [1.165, 1.54) is 6.07 Å².